The van der Waals surface area contributed by atoms with Gasteiger partial charge in [0, 0.05) is 31.9 Å². The highest BCUT2D eigenvalue weighted by Gasteiger charge is 2.18. The molecule has 3 N–H and O–H groups in total. The smallest absolute Gasteiger partial charge is 0.317 e. The second-order valence-electron chi connectivity index (χ2n) is 6.05. The van der Waals surface area contributed by atoms with Crippen molar-refractivity contribution in [3.63, 3.8) is 0 Å². The molecule has 1 fully saturated rings. The minimum atomic E-state index is -0.0468. The fraction of sp³-hybridized carbons (Fsp3) is 0.562. The maximum atomic E-state index is 12.2. The third-order valence-corrected chi connectivity index (χ3v) is 4.50. The molecule has 0 saturated carbocycles. The van der Waals surface area contributed by atoms with E-state index in [1.54, 1.807) is 4.90 Å². The molecular formula is C16H24N6O2. The Morgan fingerprint density at radius 3 is 2.67 bits per heavy atom. The lowest BCUT2D eigenvalue weighted by atomic mass is 10.2. The summed E-state index contributed by atoms with van der Waals surface area (Å²) in [5, 5.41) is 2.97. The lowest BCUT2D eigenvalue weighted by Gasteiger charge is -2.27. The number of pyridine rings is 1. The second-order valence-corrected chi connectivity index (χ2v) is 6.05. The first-order valence-corrected chi connectivity index (χ1v) is 8.19. The number of carbonyl (C=O) groups excluding carboxylic acids is 1. The van der Waals surface area contributed by atoms with Gasteiger partial charge < -0.3 is 25.3 Å². The molecule has 0 spiro atoms. The molecule has 8 heteroatoms. The number of urea groups is 1. The molecule has 24 heavy (non-hydrogen) atoms. The molecule has 3 rings (SSSR count). The zero-order valence-corrected chi connectivity index (χ0v) is 14.4. The Hall–Kier alpha value is -2.35. The number of fused-ring (bicyclic) bond motifs is 1. The van der Waals surface area contributed by atoms with Crippen molar-refractivity contribution in [2.75, 3.05) is 38.6 Å². The first kappa shape index (κ1) is 16.5. The number of nitrogens with one attached hydrogen (secondary N) is 1. The van der Waals surface area contributed by atoms with Gasteiger partial charge in [0.1, 0.15) is 11.3 Å². The third kappa shape index (κ3) is 3.01. The fourth-order valence-corrected chi connectivity index (χ4v) is 3.04. The van der Waals surface area contributed by atoms with E-state index in [2.05, 4.69) is 19.9 Å². The zero-order valence-electron chi connectivity index (χ0n) is 14.4. The van der Waals surface area contributed by atoms with Crippen LogP contribution in [0.5, 0.6) is 0 Å². The minimum absolute atomic E-state index is 0.0468. The number of aromatic nitrogens is 3. The largest absolute Gasteiger partial charge is 0.382 e. The van der Waals surface area contributed by atoms with Crippen molar-refractivity contribution in [1.29, 1.82) is 0 Å². The van der Waals surface area contributed by atoms with Gasteiger partial charge in [-0.3, -0.25) is 0 Å². The van der Waals surface area contributed by atoms with Gasteiger partial charge in [-0.05, 0) is 26.3 Å². The molecule has 1 aliphatic rings. The van der Waals surface area contributed by atoms with Crippen LogP contribution >= 0.6 is 0 Å². The van der Waals surface area contributed by atoms with Gasteiger partial charge in [0.25, 0.3) is 0 Å². The number of nitrogens with zero attached hydrogens (tertiary/aromatic N) is 4. The predicted molar refractivity (Wildman–Crippen MR) is 91.9 cm³/mol. The Labute approximate surface area is 141 Å². The SMILES string of the molecule is Cc1nc(N)c2nc(C)n(CCNC(=O)N3CCOCC3)c2c1C. The second kappa shape index (κ2) is 6.64. The van der Waals surface area contributed by atoms with Gasteiger partial charge in [0.15, 0.2) is 5.82 Å². The number of amides is 2. The van der Waals surface area contributed by atoms with Crippen LogP contribution in [0.2, 0.25) is 0 Å². The lowest BCUT2D eigenvalue weighted by Crippen LogP contribution is -2.46. The first-order chi connectivity index (χ1) is 11.5. The molecule has 1 saturated heterocycles. The molecule has 130 valence electrons. The number of nitrogens with two attached hydrogens (primary N) is 1. The summed E-state index contributed by atoms with van der Waals surface area (Å²) in [5.74, 6) is 1.32. The number of rotatable bonds is 3. The van der Waals surface area contributed by atoms with Crippen LogP contribution in [-0.4, -0.2) is 58.3 Å². The number of hydrogen-bond donors (Lipinski definition) is 2. The normalized spacial score (nSPS) is 15.0. The molecule has 2 amide bonds. The van der Waals surface area contributed by atoms with Gasteiger partial charge >= 0.3 is 6.03 Å². The van der Waals surface area contributed by atoms with Crippen LogP contribution in [0.1, 0.15) is 17.1 Å². The summed E-state index contributed by atoms with van der Waals surface area (Å²) in [7, 11) is 0. The van der Waals surface area contributed by atoms with Crippen LogP contribution in [0.4, 0.5) is 10.6 Å². The highest BCUT2D eigenvalue weighted by atomic mass is 16.5. The Kier molecular flexibility index (Phi) is 4.57. The summed E-state index contributed by atoms with van der Waals surface area (Å²) < 4.78 is 7.35. The number of ether oxygens (including phenoxy) is 1. The zero-order chi connectivity index (χ0) is 17.3. The highest BCUT2D eigenvalue weighted by molar-refractivity contribution is 5.88. The molecule has 0 unspecified atom stereocenters. The topological polar surface area (TPSA) is 98.3 Å². The van der Waals surface area contributed by atoms with Crippen LogP contribution in [-0.2, 0) is 11.3 Å². The van der Waals surface area contributed by atoms with Gasteiger partial charge in [-0.2, -0.15) is 0 Å². The Balaban J connectivity index is 1.73. The maximum absolute atomic E-state index is 12.2. The molecule has 0 aromatic carbocycles. The number of morpholine rings is 1. The molecule has 0 atom stereocenters. The van der Waals surface area contributed by atoms with Gasteiger partial charge in [0.2, 0.25) is 0 Å². The van der Waals surface area contributed by atoms with E-state index in [1.807, 2.05) is 20.8 Å². The third-order valence-electron chi connectivity index (χ3n) is 4.50. The van der Waals surface area contributed by atoms with Crippen molar-refractivity contribution in [1.82, 2.24) is 24.8 Å². The minimum Gasteiger partial charge on any atom is -0.382 e. The molecular weight excluding hydrogens is 308 g/mol. The van der Waals surface area contributed by atoms with Crippen molar-refractivity contribution in [3.05, 3.63) is 17.1 Å². The Morgan fingerprint density at radius 1 is 1.25 bits per heavy atom. The molecule has 2 aromatic heterocycles. The summed E-state index contributed by atoms with van der Waals surface area (Å²) in [6.07, 6.45) is 0. The van der Waals surface area contributed by atoms with Crippen molar-refractivity contribution in [2.45, 2.75) is 27.3 Å². The standard InChI is InChI=1S/C16H24N6O2/c1-10-11(2)19-15(17)13-14(10)22(12(3)20-13)5-4-18-16(23)21-6-8-24-9-7-21/h4-9H2,1-3H3,(H2,17,19)(H,18,23). The molecule has 0 aliphatic carbocycles. The molecule has 8 nitrogen and oxygen atoms in total. The van der Waals surface area contributed by atoms with E-state index in [-0.39, 0.29) is 6.03 Å². The average molecular weight is 332 g/mol. The van der Waals surface area contributed by atoms with E-state index in [9.17, 15) is 4.79 Å². The van der Waals surface area contributed by atoms with Gasteiger partial charge in [0.05, 0.1) is 18.7 Å². The predicted octanol–water partition coefficient (Wildman–Crippen LogP) is 0.981. The van der Waals surface area contributed by atoms with E-state index in [1.165, 1.54) is 0 Å². The van der Waals surface area contributed by atoms with Crippen LogP contribution in [0.3, 0.4) is 0 Å². The number of anilines is 1. The number of imidazole rings is 1. The van der Waals surface area contributed by atoms with E-state index in [0.29, 0.717) is 45.2 Å². The van der Waals surface area contributed by atoms with E-state index in [4.69, 9.17) is 10.5 Å². The number of nitrogen functional groups attached to an aromatic ring is 1. The maximum Gasteiger partial charge on any atom is 0.317 e. The van der Waals surface area contributed by atoms with Crippen molar-refractivity contribution in [3.8, 4) is 0 Å². The van der Waals surface area contributed by atoms with Crippen molar-refractivity contribution < 1.29 is 9.53 Å². The van der Waals surface area contributed by atoms with Crippen molar-refractivity contribution in [2.24, 2.45) is 0 Å². The summed E-state index contributed by atoms with van der Waals surface area (Å²) >= 11 is 0. The van der Waals surface area contributed by atoms with Gasteiger partial charge in [-0.1, -0.05) is 0 Å². The average Bonchev–Trinajstić information content (AvgIpc) is 2.91. The monoisotopic (exact) mass is 332 g/mol. The highest BCUT2D eigenvalue weighted by Crippen LogP contribution is 2.25. The number of carbonyl (C=O) groups is 1. The summed E-state index contributed by atoms with van der Waals surface area (Å²) in [6, 6.07) is -0.0468. The molecule has 3 heterocycles. The molecule has 1 aliphatic heterocycles. The summed E-state index contributed by atoms with van der Waals surface area (Å²) in [4.78, 5) is 22.8. The summed E-state index contributed by atoms with van der Waals surface area (Å²) in [5.41, 5.74) is 9.71. The van der Waals surface area contributed by atoms with Crippen LogP contribution in [0, 0.1) is 20.8 Å². The fourth-order valence-electron chi connectivity index (χ4n) is 3.04. The summed E-state index contributed by atoms with van der Waals surface area (Å²) in [6.45, 7) is 9.56. The molecule has 0 bridgehead atoms. The quantitative estimate of drug-likeness (QED) is 0.873. The van der Waals surface area contributed by atoms with Gasteiger partial charge in [-0.25, -0.2) is 14.8 Å². The van der Waals surface area contributed by atoms with E-state index in [0.717, 1.165) is 28.1 Å². The number of aryl methyl sites for hydroxylation is 3. The Bertz CT molecular complexity index is 764. The van der Waals surface area contributed by atoms with Crippen LogP contribution in [0.25, 0.3) is 11.0 Å². The van der Waals surface area contributed by atoms with Crippen LogP contribution in [0.15, 0.2) is 0 Å². The molecule has 2 aromatic rings. The van der Waals surface area contributed by atoms with Crippen LogP contribution < -0.4 is 11.1 Å². The van der Waals surface area contributed by atoms with Gasteiger partial charge in [-0.15, -0.1) is 0 Å². The first-order valence-electron chi connectivity index (χ1n) is 8.19. The lowest BCUT2D eigenvalue weighted by molar-refractivity contribution is 0.0532. The number of hydrogen-bond acceptors (Lipinski definition) is 5. The molecule has 0 radical (unpaired) electrons. The Morgan fingerprint density at radius 2 is 1.96 bits per heavy atom. The van der Waals surface area contributed by atoms with E-state index < -0.39 is 0 Å². The van der Waals surface area contributed by atoms with Crippen molar-refractivity contribution >= 4 is 22.9 Å². The van der Waals surface area contributed by atoms with E-state index >= 15 is 0 Å².